The van der Waals surface area contributed by atoms with Gasteiger partial charge in [-0.2, -0.15) is 0 Å². The largest absolute Gasteiger partial charge is 0.550 e. The van der Waals surface area contributed by atoms with Gasteiger partial charge in [-0.15, -0.1) is 0 Å². The lowest BCUT2D eigenvalue weighted by molar-refractivity contribution is -0.305. The molecule has 0 aliphatic carbocycles. The van der Waals surface area contributed by atoms with Crippen LogP contribution < -0.4 is 16.0 Å². The fourth-order valence-corrected chi connectivity index (χ4v) is 2.48. The van der Waals surface area contributed by atoms with Crippen molar-refractivity contribution in [1.82, 2.24) is 5.32 Å². The Labute approximate surface area is 141 Å². The molecule has 0 atom stereocenters. The second kappa shape index (κ2) is 7.35. The number of phenols is 1. The minimum absolute atomic E-state index is 0.00989. The highest BCUT2D eigenvalue weighted by Gasteiger charge is 2.14. The molecule has 1 amide bonds. The average Bonchev–Trinajstić information content (AvgIpc) is 2.49. The number of carbonyl (C=O) groups excluding carboxylic acids is 2. The molecule has 0 saturated carbocycles. The van der Waals surface area contributed by atoms with Gasteiger partial charge in [-0.25, -0.2) is 4.79 Å². The van der Waals surface area contributed by atoms with Gasteiger partial charge in [0, 0.05) is 42.4 Å². The van der Waals surface area contributed by atoms with E-state index in [0.29, 0.717) is 16.5 Å². The van der Waals surface area contributed by atoms with E-state index in [1.165, 1.54) is 12.1 Å². The van der Waals surface area contributed by atoms with Crippen LogP contribution in [0.1, 0.15) is 24.0 Å². The van der Waals surface area contributed by atoms with Crippen LogP contribution in [0.25, 0.3) is 11.0 Å². The number of aliphatic carboxylic acids is 1. The number of hydrogen-bond donors (Lipinski definition) is 2. The van der Waals surface area contributed by atoms with Crippen molar-refractivity contribution in [2.24, 2.45) is 0 Å². The fourth-order valence-electron chi connectivity index (χ4n) is 2.32. The van der Waals surface area contributed by atoms with Crippen LogP contribution in [0, 0.1) is 6.92 Å². The van der Waals surface area contributed by atoms with Crippen molar-refractivity contribution >= 4 is 34.4 Å². The number of rotatable bonds is 6. The molecule has 24 heavy (non-hydrogen) atoms. The molecule has 2 N–H and O–H groups in total. The first kappa shape index (κ1) is 17.8. The monoisotopic (exact) mass is 352 g/mol. The van der Waals surface area contributed by atoms with Crippen LogP contribution in [0.4, 0.5) is 0 Å². The second-order valence-electron chi connectivity index (χ2n) is 5.26. The summed E-state index contributed by atoms with van der Waals surface area (Å²) in [6.45, 7) is 1.68. The highest BCUT2D eigenvalue weighted by molar-refractivity contribution is 6.32. The quantitative estimate of drug-likeness (QED) is 0.736. The molecule has 0 spiro atoms. The number of carboxylic acid groups (broad SMARTS) is 1. The standard InChI is InChI=1S/C16H16ClNO6/c1-8-9(2-3-14(20)18-5-4-15(21)22)16(23)24-13-7-12(19)11(17)6-10(8)13/h6-7,19H,2-5H2,1H3,(H,18,20)(H,21,22)/p-1. The van der Waals surface area contributed by atoms with Crippen molar-refractivity contribution < 1.29 is 24.2 Å². The zero-order valence-electron chi connectivity index (χ0n) is 12.8. The van der Waals surface area contributed by atoms with E-state index in [1.807, 2.05) is 0 Å². The van der Waals surface area contributed by atoms with Gasteiger partial charge in [0.15, 0.2) is 0 Å². The molecule has 1 aromatic heterocycles. The van der Waals surface area contributed by atoms with Crippen molar-refractivity contribution in [2.75, 3.05) is 6.54 Å². The van der Waals surface area contributed by atoms with E-state index in [1.54, 1.807) is 6.92 Å². The van der Waals surface area contributed by atoms with Crippen LogP contribution in [0.2, 0.25) is 5.02 Å². The number of phenolic OH excluding ortho intramolecular Hbond substituents is 1. The zero-order valence-corrected chi connectivity index (χ0v) is 13.6. The molecule has 0 aliphatic rings. The lowest BCUT2D eigenvalue weighted by Crippen LogP contribution is -2.31. The molecule has 128 valence electrons. The molecule has 2 aromatic rings. The number of fused-ring (bicyclic) bond motifs is 1. The van der Waals surface area contributed by atoms with Crippen LogP contribution in [-0.4, -0.2) is 23.5 Å². The Morgan fingerprint density at radius 1 is 1.33 bits per heavy atom. The van der Waals surface area contributed by atoms with E-state index in [9.17, 15) is 24.6 Å². The molecule has 8 heteroatoms. The molecule has 0 saturated heterocycles. The Hall–Kier alpha value is -2.54. The van der Waals surface area contributed by atoms with Crippen LogP contribution >= 0.6 is 11.6 Å². The molecule has 0 radical (unpaired) electrons. The molecule has 0 unspecified atom stereocenters. The lowest BCUT2D eigenvalue weighted by Gasteiger charge is -2.09. The first-order chi connectivity index (χ1) is 11.3. The Morgan fingerprint density at radius 3 is 2.71 bits per heavy atom. The van der Waals surface area contributed by atoms with E-state index < -0.39 is 11.6 Å². The molecular formula is C16H15ClNO6-. The van der Waals surface area contributed by atoms with E-state index >= 15 is 0 Å². The van der Waals surface area contributed by atoms with E-state index in [4.69, 9.17) is 16.0 Å². The summed E-state index contributed by atoms with van der Waals surface area (Å²) in [5.74, 6) is -1.81. The number of carbonyl (C=O) groups is 2. The first-order valence-electron chi connectivity index (χ1n) is 7.21. The van der Waals surface area contributed by atoms with Crippen molar-refractivity contribution in [1.29, 1.82) is 0 Å². The topological polar surface area (TPSA) is 120 Å². The summed E-state index contributed by atoms with van der Waals surface area (Å²) in [5, 5.41) is 23.0. The lowest BCUT2D eigenvalue weighted by atomic mass is 10.0. The van der Waals surface area contributed by atoms with Gasteiger partial charge in [-0.3, -0.25) is 4.79 Å². The number of carboxylic acids is 1. The number of halogens is 1. The van der Waals surface area contributed by atoms with Gasteiger partial charge in [0.05, 0.1) is 5.02 Å². The van der Waals surface area contributed by atoms with Gasteiger partial charge in [0.1, 0.15) is 11.3 Å². The normalized spacial score (nSPS) is 10.8. The number of hydrogen-bond acceptors (Lipinski definition) is 6. The van der Waals surface area contributed by atoms with Crippen molar-refractivity contribution in [3.8, 4) is 5.75 Å². The molecule has 0 fully saturated rings. The van der Waals surface area contributed by atoms with Gasteiger partial charge in [0.2, 0.25) is 5.91 Å². The molecule has 7 nitrogen and oxygen atoms in total. The highest BCUT2D eigenvalue weighted by Crippen LogP contribution is 2.30. The summed E-state index contributed by atoms with van der Waals surface area (Å²) >= 11 is 5.88. The Morgan fingerprint density at radius 2 is 2.04 bits per heavy atom. The summed E-state index contributed by atoms with van der Waals surface area (Å²) in [7, 11) is 0. The van der Waals surface area contributed by atoms with E-state index in [-0.39, 0.29) is 48.1 Å². The van der Waals surface area contributed by atoms with Gasteiger partial charge >= 0.3 is 5.63 Å². The van der Waals surface area contributed by atoms with E-state index in [2.05, 4.69) is 5.32 Å². The Kier molecular flexibility index (Phi) is 5.46. The van der Waals surface area contributed by atoms with E-state index in [0.717, 1.165) is 0 Å². The minimum Gasteiger partial charge on any atom is -0.550 e. The SMILES string of the molecule is Cc1c(CCC(=O)NCCC(=O)[O-])c(=O)oc2cc(O)c(Cl)cc12. The predicted octanol–water partition coefficient (Wildman–Crippen LogP) is 0.649. The number of aryl methyl sites for hydroxylation is 1. The molecule has 0 aliphatic heterocycles. The average molecular weight is 353 g/mol. The molecular weight excluding hydrogens is 338 g/mol. The molecule has 2 rings (SSSR count). The fraction of sp³-hybridized carbons (Fsp3) is 0.312. The Bertz CT molecular complexity index is 858. The minimum atomic E-state index is -1.25. The van der Waals surface area contributed by atoms with Gasteiger partial charge in [-0.05, 0) is 25.0 Å². The summed E-state index contributed by atoms with van der Waals surface area (Å²) in [6, 6.07) is 2.76. The van der Waals surface area contributed by atoms with Gasteiger partial charge in [0.25, 0.3) is 0 Å². The summed E-state index contributed by atoms with van der Waals surface area (Å²) in [5.41, 5.74) is 0.566. The predicted molar refractivity (Wildman–Crippen MR) is 84.9 cm³/mol. The van der Waals surface area contributed by atoms with Crippen LogP contribution in [0.3, 0.4) is 0 Å². The maximum absolute atomic E-state index is 12.1. The first-order valence-corrected chi connectivity index (χ1v) is 7.58. The molecule has 1 heterocycles. The number of aromatic hydroxyl groups is 1. The number of nitrogens with one attached hydrogen (secondary N) is 1. The maximum Gasteiger partial charge on any atom is 0.339 e. The third kappa shape index (κ3) is 4.05. The van der Waals surface area contributed by atoms with Crippen molar-refractivity contribution in [3.63, 3.8) is 0 Å². The summed E-state index contributed by atoms with van der Waals surface area (Å²) in [6.07, 6.45) is -0.124. The molecule has 1 aromatic carbocycles. The van der Waals surface area contributed by atoms with Crippen LogP contribution in [-0.2, 0) is 16.0 Å². The summed E-state index contributed by atoms with van der Waals surface area (Å²) in [4.78, 5) is 34.0. The third-order valence-electron chi connectivity index (χ3n) is 3.61. The van der Waals surface area contributed by atoms with Gasteiger partial charge < -0.3 is 24.7 Å². The second-order valence-corrected chi connectivity index (χ2v) is 5.67. The summed E-state index contributed by atoms with van der Waals surface area (Å²) < 4.78 is 5.16. The van der Waals surface area contributed by atoms with Crippen LogP contribution in [0.15, 0.2) is 21.3 Å². The van der Waals surface area contributed by atoms with Crippen LogP contribution in [0.5, 0.6) is 5.75 Å². The smallest absolute Gasteiger partial charge is 0.339 e. The highest BCUT2D eigenvalue weighted by atomic mass is 35.5. The van der Waals surface area contributed by atoms with Crippen molar-refractivity contribution in [3.05, 3.63) is 38.7 Å². The molecule has 0 bridgehead atoms. The van der Waals surface area contributed by atoms with Gasteiger partial charge in [-0.1, -0.05) is 11.6 Å². The number of benzene rings is 1. The van der Waals surface area contributed by atoms with Crippen molar-refractivity contribution in [2.45, 2.75) is 26.2 Å². The number of amides is 1. The third-order valence-corrected chi connectivity index (χ3v) is 3.91. The maximum atomic E-state index is 12.1. The zero-order chi connectivity index (χ0) is 17.9. The Balaban J connectivity index is 2.17.